The predicted octanol–water partition coefficient (Wildman–Crippen LogP) is 18.9. The van der Waals surface area contributed by atoms with Gasteiger partial charge in [-0.2, -0.15) is 0 Å². The molecular formula is C57H94N2Ni. The second kappa shape index (κ2) is 39.7. The van der Waals surface area contributed by atoms with E-state index in [4.69, 9.17) is 9.98 Å². The minimum atomic E-state index is 0. The molecule has 0 saturated carbocycles. The van der Waals surface area contributed by atoms with Crippen molar-refractivity contribution < 1.29 is 16.5 Å². The van der Waals surface area contributed by atoms with E-state index in [1.807, 2.05) is 0 Å². The fourth-order valence-corrected chi connectivity index (χ4v) is 8.18. The Balaban J connectivity index is 0.0000180. The third-order valence-electron chi connectivity index (χ3n) is 12.0. The van der Waals surface area contributed by atoms with Crippen LogP contribution in [0, 0.1) is 11.8 Å². The van der Waals surface area contributed by atoms with Crippen LogP contribution in [0.2, 0.25) is 0 Å². The van der Waals surface area contributed by atoms with Crippen LogP contribution in [0.5, 0.6) is 0 Å². The third-order valence-corrected chi connectivity index (χ3v) is 12.0. The zero-order valence-corrected chi connectivity index (χ0v) is 41.4. The summed E-state index contributed by atoms with van der Waals surface area (Å²) in [6, 6.07) is 14.2. The molecule has 0 bridgehead atoms. The van der Waals surface area contributed by atoms with E-state index in [1.165, 1.54) is 196 Å². The summed E-state index contributed by atoms with van der Waals surface area (Å²) in [6.07, 6.45) is 45.0. The van der Waals surface area contributed by atoms with Crippen molar-refractivity contribution in [2.75, 3.05) is 0 Å². The second-order valence-electron chi connectivity index (χ2n) is 18.0. The van der Waals surface area contributed by atoms with Gasteiger partial charge < -0.3 is 0 Å². The normalized spacial score (nSPS) is 11.8. The molecule has 3 heteroatoms. The number of nitrogens with zero attached hydrogens (tertiary/aromatic N) is 2. The summed E-state index contributed by atoms with van der Waals surface area (Å²) in [4.78, 5) is 10.9. The van der Waals surface area contributed by atoms with Crippen molar-refractivity contribution in [2.24, 2.45) is 9.98 Å². The summed E-state index contributed by atoms with van der Waals surface area (Å²) in [6.45, 7) is 13.7. The van der Waals surface area contributed by atoms with Crippen molar-refractivity contribution in [3.8, 4) is 11.8 Å². The van der Waals surface area contributed by atoms with E-state index in [0.717, 1.165) is 74.2 Å². The Morgan fingerprint density at radius 2 is 0.683 bits per heavy atom. The number of hydrogen-bond acceptors (Lipinski definition) is 2. The minimum absolute atomic E-state index is 0. The van der Waals surface area contributed by atoms with Crippen molar-refractivity contribution in [1.82, 2.24) is 0 Å². The van der Waals surface area contributed by atoms with Gasteiger partial charge in [-0.25, -0.2) is 4.99 Å². The Morgan fingerprint density at radius 3 is 1.03 bits per heavy atom. The number of rotatable bonds is 37. The quantitative estimate of drug-likeness (QED) is 0.0280. The Kier molecular flexibility index (Phi) is 36.9. The van der Waals surface area contributed by atoms with Gasteiger partial charge >= 0.3 is 0 Å². The maximum absolute atomic E-state index is 5.46. The molecular weight excluding hydrogens is 771 g/mol. The Morgan fingerprint density at radius 1 is 0.367 bits per heavy atom. The number of unbranched alkanes of at least 4 members (excludes halogenated alkanes) is 24. The van der Waals surface area contributed by atoms with Gasteiger partial charge in [0.25, 0.3) is 0 Å². The van der Waals surface area contributed by atoms with Crippen LogP contribution in [-0.2, 0) is 42.2 Å². The van der Waals surface area contributed by atoms with Crippen LogP contribution in [0.15, 0.2) is 46.4 Å². The number of hydrogen-bond donors (Lipinski definition) is 0. The molecule has 0 atom stereocenters. The topological polar surface area (TPSA) is 24.7 Å². The van der Waals surface area contributed by atoms with Gasteiger partial charge in [-0.15, -0.1) is 0 Å². The van der Waals surface area contributed by atoms with E-state index < -0.39 is 0 Å². The maximum Gasteiger partial charge on any atom is 0.135 e. The van der Waals surface area contributed by atoms with Crippen LogP contribution < -0.4 is 0 Å². The first kappa shape index (κ1) is 55.9. The van der Waals surface area contributed by atoms with Crippen LogP contribution in [0.4, 0.5) is 11.4 Å². The SMILES string of the molecule is CCCCCCCCCCCCCCCCCCCCCC#CC(=N\c1cc(CCCC)cc(CCCC)c1)/C(CCCC)=N/c1cc(CCCC)cc(CCCC)c1.[Ni]. The van der Waals surface area contributed by atoms with Crippen molar-refractivity contribution in [3.63, 3.8) is 0 Å². The molecule has 0 aliphatic rings. The molecule has 2 aromatic carbocycles. The van der Waals surface area contributed by atoms with Crippen LogP contribution in [0.3, 0.4) is 0 Å². The number of aliphatic imine (C=N–C) groups is 2. The van der Waals surface area contributed by atoms with Crippen molar-refractivity contribution in [1.29, 1.82) is 0 Å². The van der Waals surface area contributed by atoms with Gasteiger partial charge in [0, 0.05) is 22.9 Å². The van der Waals surface area contributed by atoms with Gasteiger partial charge in [-0.1, -0.05) is 207 Å². The van der Waals surface area contributed by atoms with Crippen molar-refractivity contribution >= 4 is 22.8 Å². The molecule has 0 N–H and O–H groups in total. The number of aryl methyl sites for hydroxylation is 4. The molecule has 0 aliphatic carbocycles. The third kappa shape index (κ3) is 28.4. The first-order valence-corrected chi connectivity index (χ1v) is 26.0. The first-order chi connectivity index (χ1) is 29.1. The summed E-state index contributed by atoms with van der Waals surface area (Å²) in [5.74, 6) is 7.27. The summed E-state index contributed by atoms with van der Waals surface area (Å²) in [5.41, 5.74) is 9.77. The van der Waals surface area contributed by atoms with Crippen LogP contribution in [0.25, 0.3) is 0 Å². The van der Waals surface area contributed by atoms with E-state index in [2.05, 4.69) is 89.8 Å². The molecule has 2 nitrogen and oxygen atoms in total. The van der Waals surface area contributed by atoms with Gasteiger partial charge in [0.1, 0.15) is 5.71 Å². The molecule has 0 saturated heterocycles. The molecule has 60 heavy (non-hydrogen) atoms. The smallest absolute Gasteiger partial charge is 0.135 e. The Hall–Kier alpha value is -2.17. The molecule has 0 amide bonds. The monoisotopic (exact) mass is 865 g/mol. The van der Waals surface area contributed by atoms with Gasteiger partial charge in [0.15, 0.2) is 0 Å². The van der Waals surface area contributed by atoms with Gasteiger partial charge in [-0.05, 0) is 123 Å². The molecule has 0 aliphatic heterocycles. The zero-order valence-electron chi connectivity index (χ0n) is 40.4. The van der Waals surface area contributed by atoms with E-state index in [0.29, 0.717) is 0 Å². The average molecular weight is 866 g/mol. The molecule has 342 valence electrons. The zero-order chi connectivity index (χ0) is 42.4. The van der Waals surface area contributed by atoms with Crippen LogP contribution in [-0.4, -0.2) is 11.4 Å². The molecule has 0 radical (unpaired) electrons. The molecule has 0 spiro atoms. The molecule has 0 heterocycles. The molecule has 0 aromatic heterocycles. The van der Waals surface area contributed by atoms with E-state index in [1.54, 1.807) is 0 Å². The van der Waals surface area contributed by atoms with Gasteiger partial charge in [-0.3, -0.25) is 4.99 Å². The van der Waals surface area contributed by atoms with Gasteiger partial charge in [0.05, 0.1) is 17.1 Å². The van der Waals surface area contributed by atoms with E-state index in [9.17, 15) is 0 Å². The standard InChI is InChI=1S/C57H94N2.Ni/c1-7-13-19-20-21-22-23-24-25-26-27-28-29-30-31-32-33-34-35-36-37-43-57(59-55-48-52(40-16-10-4)45-53(49-55)41-17-11-5)56(42-18-12-6)58-54-46-50(38-14-8-2)44-51(47-54)39-15-9-3;/h44-49H,7-36,38-42H2,1-6H3;/b58-56+,59-57+;. The average Bonchev–Trinajstić information content (AvgIpc) is 3.24. The summed E-state index contributed by atoms with van der Waals surface area (Å²) in [7, 11) is 0. The molecule has 0 fully saturated rings. The first-order valence-electron chi connectivity index (χ1n) is 26.0. The van der Waals surface area contributed by atoms with Crippen LogP contribution >= 0.6 is 0 Å². The maximum atomic E-state index is 5.46. The Bertz CT molecular complexity index is 1390. The summed E-state index contributed by atoms with van der Waals surface area (Å²) < 4.78 is 0. The summed E-state index contributed by atoms with van der Waals surface area (Å²) in [5, 5.41) is 0. The Labute approximate surface area is 384 Å². The van der Waals surface area contributed by atoms with Gasteiger partial charge in [0.2, 0.25) is 0 Å². The molecule has 2 aromatic rings. The van der Waals surface area contributed by atoms with E-state index >= 15 is 0 Å². The fourth-order valence-electron chi connectivity index (χ4n) is 8.18. The predicted molar refractivity (Wildman–Crippen MR) is 267 cm³/mol. The van der Waals surface area contributed by atoms with Crippen LogP contribution in [0.1, 0.15) is 263 Å². The van der Waals surface area contributed by atoms with Crippen molar-refractivity contribution in [3.05, 3.63) is 58.7 Å². The largest absolute Gasteiger partial charge is 0.250 e. The van der Waals surface area contributed by atoms with Crippen molar-refractivity contribution in [2.45, 2.75) is 266 Å². The second-order valence-corrected chi connectivity index (χ2v) is 18.0. The van der Waals surface area contributed by atoms with E-state index in [-0.39, 0.29) is 16.5 Å². The molecule has 0 unspecified atom stereocenters. The number of benzene rings is 2. The summed E-state index contributed by atoms with van der Waals surface area (Å²) >= 11 is 0. The molecule has 2 rings (SSSR count). The fraction of sp³-hybridized carbons (Fsp3) is 0.719. The minimum Gasteiger partial charge on any atom is -0.250 e.